The van der Waals surface area contributed by atoms with Crippen molar-refractivity contribution in [1.82, 2.24) is 15.5 Å². The first kappa shape index (κ1) is 21.7. The van der Waals surface area contributed by atoms with Gasteiger partial charge >= 0.3 is 0 Å². The summed E-state index contributed by atoms with van der Waals surface area (Å²) in [5, 5.41) is 6.67. The van der Waals surface area contributed by atoms with E-state index in [-0.39, 0.29) is 23.7 Å². The van der Waals surface area contributed by atoms with E-state index >= 15 is 0 Å². The number of halogens is 2. The minimum atomic E-state index is -0.181. The average molecular weight is 441 g/mol. The monoisotopic (exact) mass is 440 g/mol. The molecule has 1 amide bonds. The fourth-order valence-electron chi connectivity index (χ4n) is 3.14. The van der Waals surface area contributed by atoms with E-state index in [0.717, 1.165) is 36.4 Å². The Kier molecular flexibility index (Phi) is 8.54. The molecule has 1 heterocycles. The number of amides is 1. The summed E-state index contributed by atoms with van der Waals surface area (Å²) in [5.41, 5.74) is 0.713. The van der Waals surface area contributed by atoms with Crippen LogP contribution in [0.5, 0.6) is 0 Å². The zero-order chi connectivity index (χ0) is 19.8. The van der Waals surface area contributed by atoms with Crippen molar-refractivity contribution in [3.05, 3.63) is 34.1 Å². The van der Waals surface area contributed by atoms with Crippen molar-refractivity contribution in [3.8, 4) is 0 Å². The molecule has 7 heteroatoms. The van der Waals surface area contributed by atoms with Crippen LogP contribution in [0.1, 0.15) is 39.2 Å². The average Bonchev–Trinajstić information content (AvgIpc) is 3.08. The minimum Gasteiger partial charge on any atom is -0.357 e. The maximum Gasteiger partial charge on any atom is 0.225 e. The highest BCUT2D eigenvalue weighted by atomic mass is 79.9. The lowest BCUT2D eigenvalue weighted by molar-refractivity contribution is -0.133. The number of benzene rings is 1. The molecule has 1 saturated heterocycles. The summed E-state index contributed by atoms with van der Waals surface area (Å²) in [6.45, 7) is 8.78. The number of carbonyl (C=O) groups is 1. The van der Waals surface area contributed by atoms with E-state index in [2.05, 4.69) is 31.6 Å². The molecule has 1 aromatic carbocycles. The third kappa shape index (κ3) is 6.79. The number of nitrogens with one attached hydrogen (secondary N) is 2. The van der Waals surface area contributed by atoms with Gasteiger partial charge in [-0.2, -0.15) is 0 Å². The zero-order valence-electron chi connectivity index (χ0n) is 16.4. The van der Waals surface area contributed by atoms with Crippen molar-refractivity contribution < 1.29 is 9.18 Å². The lowest BCUT2D eigenvalue weighted by Crippen LogP contribution is -2.45. The first-order chi connectivity index (χ1) is 12.9. The zero-order valence-corrected chi connectivity index (χ0v) is 18.0. The fourth-order valence-corrected chi connectivity index (χ4v) is 3.47. The van der Waals surface area contributed by atoms with Crippen LogP contribution in [0.3, 0.4) is 0 Å². The standard InChI is InChI=1S/C20H30BrFN4O/c1-4-23-20(25-17-9-11-26(13-17)19(27)14(2)3)24-10-5-6-15-7-8-16(21)12-18(15)22/h7-8,12,14,17H,4-6,9-11,13H2,1-3H3,(H2,23,24,25). The van der Waals surface area contributed by atoms with Crippen molar-refractivity contribution in [2.24, 2.45) is 10.9 Å². The predicted molar refractivity (Wildman–Crippen MR) is 111 cm³/mol. The molecule has 1 aliphatic rings. The summed E-state index contributed by atoms with van der Waals surface area (Å²) >= 11 is 3.27. The van der Waals surface area contributed by atoms with Crippen LogP contribution in [-0.4, -0.2) is 49.0 Å². The maximum absolute atomic E-state index is 13.9. The Balaban J connectivity index is 1.83. The van der Waals surface area contributed by atoms with Gasteiger partial charge in [0.25, 0.3) is 0 Å². The Morgan fingerprint density at radius 3 is 2.89 bits per heavy atom. The van der Waals surface area contributed by atoms with E-state index in [1.807, 2.05) is 37.8 Å². The Morgan fingerprint density at radius 1 is 1.44 bits per heavy atom. The lowest BCUT2D eigenvalue weighted by atomic mass is 10.1. The van der Waals surface area contributed by atoms with E-state index < -0.39 is 0 Å². The molecule has 2 N–H and O–H groups in total. The Labute approximate surface area is 169 Å². The molecular formula is C20H30BrFN4O. The Hall–Kier alpha value is -1.63. The number of likely N-dealkylation sites (tertiary alicyclic amines) is 1. The smallest absolute Gasteiger partial charge is 0.225 e. The fraction of sp³-hybridized carbons (Fsp3) is 0.600. The van der Waals surface area contributed by atoms with Gasteiger partial charge < -0.3 is 15.5 Å². The largest absolute Gasteiger partial charge is 0.357 e. The molecule has 0 radical (unpaired) electrons. The van der Waals surface area contributed by atoms with E-state index in [4.69, 9.17) is 0 Å². The van der Waals surface area contributed by atoms with Gasteiger partial charge in [-0.1, -0.05) is 35.8 Å². The Bertz CT molecular complexity index is 665. The third-order valence-electron chi connectivity index (χ3n) is 4.57. The molecule has 0 aliphatic carbocycles. The van der Waals surface area contributed by atoms with Crippen LogP contribution >= 0.6 is 15.9 Å². The van der Waals surface area contributed by atoms with Gasteiger partial charge in [-0.05, 0) is 43.9 Å². The second-order valence-electron chi connectivity index (χ2n) is 7.17. The third-order valence-corrected chi connectivity index (χ3v) is 5.06. The molecule has 0 bridgehead atoms. The molecule has 0 spiro atoms. The predicted octanol–water partition coefficient (Wildman–Crippen LogP) is 3.33. The molecule has 0 aromatic heterocycles. The summed E-state index contributed by atoms with van der Waals surface area (Å²) in [7, 11) is 0. The number of hydrogen-bond donors (Lipinski definition) is 2. The highest BCUT2D eigenvalue weighted by Gasteiger charge is 2.27. The van der Waals surface area contributed by atoms with Crippen LogP contribution in [0.25, 0.3) is 0 Å². The summed E-state index contributed by atoms with van der Waals surface area (Å²) in [6, 6.07) is 5.38. The summed E-state index contributed by atoms with van der Waals surface area (Å²) in [6.07, 6.45) is 2.35. The van der Waals surface area contributed by atoms with Crippen LogP contribution in [0, 0.1) is 11.7 Å². The molecule has 2 rings (SSSR count). The number of rotatable bonds is 7. The number of guanidine groups is 1. The second-order valence-corrected chi connectivity index (χ2v) is 8.08. The molecule has 1 aromatic rings. The van der Waals surface area contributed by atoms with Crippen molar-refractivity contribution in [2.45, 2.75) is 46.1 Å². The molecule has 5 nitrogen and oxygen atoms in total. The number of hydrogen-bond acceptors (Lipinski definition) is 2. The molecule has 1 fully saturated rings. The first-order valence-electron chi connectivity index (χ1n) is 9.68. The van der Waals surface area contributed by atoms with Crippen molar-refractivity contribution in [1.29, 1.82) is 0 Å². The molecule has 27 heavy (non-hydrogen) atoms. The van der Waals surface area contributed by atoms with Gasteiger partial charge in [0.1, 0.15) is 5.82 Å². The van der Waals surface area contributed by atoms with E-state index in [0.29, 0.717) is 25.1 Å². The van der Waals surface area contributed by atoms with Gasteiger partial charge in [0.2, 0.25) is 5.91 Å². The van der Waals surface area contributed by atoms with Gasteiger partial charge in [0.05, 0.1) is 0 Å². The van der Waals surface area contributed by atoms with Gasteiger partial charge in [-0.25, -0.2) is 4.39 Å². The number of carbonyl (C=O) groups excluding carboxylic acids is 1. The maximum atomic E-state index is 13.9. The number of aliphatic imine (C=N–C) groups is 1. The van der Waals surface area contributed by atoms with Gasteiger partial charge in [0, 0.05) is 42.6 Å². The van der Waals surface area contributed by atoms with Gasteiger partial charge in [-0.3, -0.25) is 9.79 Å². The quantitative estimate of drug-likeness (QED) is 0.388. The molecule has 1 atom stereocenters. The highest BCUT2D eigenvalue weighted by molar-refractivity contribution is 9.10. The molecule has 1 aliphatic heterocycles. The van der Waals surface area contributed by atoms with Gasteiger partial charge in [-0.15, -0.1) is 0 Å². The Morgan fingerprint density at radius 2 is 2.22 bits per heavy atom. The van der Waals surface area contributed by atoms with Crippen LogP contribution in [0.15, 0.2) is 27.7 Å². The van der Waals surface area contributed by atoms with Crippen LogP contribution < -0.4 is 10.6 Å². The van der Waals surface area contributed by atoms with Crippen molar-refractivity contribution >= 4 is 27.8 Å². The molecular weight excluding hydrogens is 411 g/mol. The topological polar surface area (TPSA) is 56.7 Å². The number of nitrogens with zero attached hydrogens (tertiary/aromatic N) is 2. The van der Waals surface area contributed by atoms with Crippen LogP contribution in [0.4, 0.5) is 4.39 Å². The minimum absolute atomic E-state index is 0.0321. The molecule has 1 unspecified atom stereocenters. The van der Waals surface area contributed by atoms with Crippen molar-refractivity contribution in [2.75, 3.05) is 26.2 Å². The molecule has 150 valence electrons. The summed E-state index contributed by atoms with van der Waals surface area (Å²) in [5.74, 6) is 0.819. The second kappa shape index (κ2) is 10.6. The summed E-state index contributed by atoms with van der Waals surface area (Å²) in [4.78, 5) is 18.6. The normalized spacial score (nSPS) is 17.5. The van der Waals surface area contributed by atoms with E-state index in [1.54, 1.807) is 0 Å². The molecule has 0 saturated carbocycles. The highest BCUT2D eigenvalue weighted by Crippen LogP contribution is 2.16. The van der Waals surface area contributed by atoms with Crippen LogP contribution in [-0.2, 0) is 11.2 Å². The SMILES string of the molecule is CCNC(=NCCCc1ccc(Br)cc1F)NC1CCN(C(=O)C(C)C)C1. The first-order valence-corrected chi connectivity index (χ1v) is 10.5. The summed E-state index contributed by atoms with van der Waals surface area (Å²) < 4.78 is 14.6. The van der Waals surface area contributed by atoms with Crippen molar-refractivity contribution in [3.63, 3.8) is 0 Å². The van der Waals surface area contributed by atoms with Crippen LogP contribution in [0.2, 0.25) is 0 Å². The van der Waals surface area contributed by atoms with E-state index in [1.165, 1.54) is 6.07 Å². The lowest BCUT2D eigenvalue weighted by Gasteiger charge is -2.20. The van der Waals surface area contributed by atoms with Gasteiger partial charge in [0.15, 0.2) is 5.96 Å². The van der Waals surface area contributed by atoms with E-state index in [9.17, 15) is 9.18 Å². The number of aryl methyl sites for hydroxylation is 1.